The van der Waals surface area contributed by atoms with E-state index in [9.17, 15) is 0 Å². The van der Waals surface area contributed by atoms with Gasteiger partial charge in [0.25, 0.3) is 0 Å². The minimum Gasteiger partial charge on any atom is -0.309 e. The fraction of sp³-hybridized carbons (Fsp3) is 0.385. The lowest BCUT2D eigenvalue weighted by molar-refractivity contribution is 0.679. The Morgan fingerprint density at radius 1 is 1.21 bits per heavy atom. The number of aromatic nitrogens is 2. The van der Waals surface area contributed by atoms with Crippen LogP contribution in [-0.4, -0.2) is 16.6 Å². The van der Waals surface area contributed by atoms with Gasteiger partial charge in [-0.3, -0.25) is 0 Å². The highest BCUT2D eigenvalue weighted by atomic mass is 35.5. The first kappa shape index (κ1) is 14.7. The molecular formula is C13H15Cl2N3S. The lowest BCUT2D eigenvalue weighted by atomic mass is 10.0. The summed E-state index contributed by atoms with van der Waals surface area (Å²) in [4.78, 5) is 1.12. The molecule has 1 N–H and O–H groups in total. The Morgan fingerprint density at radius 2 is 1.95 bits per heavy atom. The van der Waals surface area contributed by atoms with Crippen molar-refractivity contribution in [2.75, 3.05) is 7.05 Å². The molecule has 0 saturated carbocycles. The summed E-state index contributed by atoms with van der Waals surface area (Å²) >= 11 is 13.5. The Hall–Kier alpha value is -0.680. The van der Waals surface area contributed by atoms with E-state index in [0.717, 1.165) is 16.1 Å². The van der Waals surface area contributed by atoms with E-state index < -0.39 is 0 Å². The van der Waals surface area contributed by atoms with Crippen molar-refractivity contribution in [2.24, 2.45) is 0 Å². The summed E-state index contributed by atoms with van der Waals surface area (Å²) < 4.78 is 4.07. The second-order valence-electron chi connectivity index (χ2n) is 4.57. The van der Waals surface area contributed by atoms with Gasteiger partial charge in [-0.25, -0.2) is 0 Å². The van der Waals surface area contributed by atoms with Gasteiger partial charge in [0.05, 0.1) is 26.7 Å². The first-order chi connectivity index (χ1) is 9.04. The van der Waals surface area contributed by atoms with Crippen molar-refractivity contribution in [2.45, 2.75) is 25.8 Å². The molecule has 1 heterocycles. The molecule has 0 radical (unpaired) electrons. The van der Waals surface area contributed by atoms with Crippen LogP contribution in [0.15, 0.2) is 18.2 Å². The van der Waals surface area contributed by atoms with Gasteiger partial charge < -0.3 is 5.32 Å². The quantitative estimate of drug-likeness (QED) is 0.915. The van der Waals surface area contributed by atoms with Gasteiger partial charge in [0.2, 0.25) is 0 Å². The molecule has 2 rings (SSSR count). The second-order valence-corrected chi connectivity index (χ2v) is 6.17. The molecule has 0 bridgehead atoms. The largest absolute Gasteiger partial charge is 0.309 e. The van der Waals surface area contributed by atoms with Crippen LogP contribution in [0.1, 0.15) is 41.9 Å². The molecule has 6 heteroatoms. The summed E-state index contributed by atoms with van der Waals surface area (Å²) in [5, 5.41) is 8.63. The molecule has 0 fully saturated rings. The Kier molecular flexibility index (Phi) is 4.79. The van der Waals surface area contributed by atoms with Gasteiger partial charge in [-0.2, -0.15) is 0 Å². The van der Waals surface area contributed by atoms with E-state index in [0.29, 0.717) is 16.0 Å². The SMILES string of the molecule is CNC(c1ccc(Cl)c(Cl)c1)c1snnc1C(C)C. The van der Waals surface area contributed by atoms with Crippen molar-refractivity contribution in [3.8, 4) is 0 Å². The van der Waals surface area contributed by atoms with E-state index in [1.54, 1.807) is 0 Å². The summed E-state index contributed by atoms with van der Waals surface area (Å²) in [5.41, 5.74) is 2.08. The Bertz CT molecular complexity index is 569. The third-order valence-electron chi connectivity index (χ3n) is 2.91. The standard InChI is InChI=1S/C13H15Cl2N3S/c1-7(2)11-13(19-18-17-11)12(16-3)8-4-5-9(14)10(15)6-8/h4-7,12,16H,1-3H3. The average Bonchev–Trinajstić information content (AvgIpc) is 2.84. The molecule has 0 aliphatic rings. The van der Waals surface area contributed by atoms with Crippen molar-refractivity contribution in [3.05, 3.63) is 44.4 Å². The molecule has 102 valence electrons. The molecule has 0 saturated heterocycles. The Morgan fingerprint density at radius 3 is 2.53 bits per heavy atom. The van der Waals surface area contributed by atoms with Crippen LogP contribution < -0.4 is 5.32 Å². The fourth-order valence-corrected chi connectivity index (χ4v) is 3.20. The minimum atomic E-state index is 0.0344. The molecule has 0 amide bonds. The van der Waals surface area contributed by atoms with Gasteiger partial charge in [-0.1, -0.05) is 47.6 Å². The molecule has 0 spiro atoms. The maximum absolute atomic E-state index is 6.09. The van der Waals surface area contributed by atoms with Gasteiger partial charge in [-0.15, -0.1) is 5.10 Å². The lowest BCUT2D eigenvalue weighted by Gasteiger charge is -2.17. The van der Waals surface area contributed by atoms with E-state index in [1.165, 1.54) is 11.5 Å². The van der Waals surface area contributed by atoms with E-state index >= 15 is 0 Å². The maximum Gasteiger partial charge on any atom is 0.0832 e. The third-order valence-corrected chi connectivity index (χ3v) is 4.46. The summed E-state index contributed by atoms with van der Waals surface area (Å²) in [6.07, 6.45) is 0. The molecule has 0 aliphatic carbocycles. The molecule has 19 heavy (non-hydrogen) atoms. The van der Waals surface area contributed by atoms with Crippen LogP contribution in [0.2, 0.25) is 10.0 Å². The van der Waals surface area contributed by atoms with Crippen LogP contribution in [0.5, 0.6) is 0 Å². The fourth-order valence-electron chi connectivity index (χ4n) is 1.95. The highest BCUT2D eigenvalue weighted by Crippen LogP contribution is 2.33. The second kappa shape index (κ2) is 6.18. The van der Waals surface area contributed by atoms with Crippen molar-refractivity contribution in [1.29, 1.82) is 0 Å². The third kappa shape index (κ3) is 3.08. The zero-order valence-corrected chi connectivity index (χ0v) is 13.3. The van der Waals surface area contributed by atoms with Crippen molar-refractivity contribution < 1.29 is 0 Å². The number of rotatable bonds is 4. The number of hydrogen-bond acceptors (Lipinski definition) is 4. The molecule has 1 aromatic carbocycles. The normalized spacial score (nSPS) is 12.9. The summed E-state index contributed by atoms with van der Waals surface area (Å²) in [6.45, 7) is 4.23. The van der Waals surface area contributed by atoms with Crippen LogP contribution >= 0.6 is 34.7 Å². The predicted octanol–water partition coefficient (Wildman–Crippen LogP) is 4.28. The van der Waals surface area contributed by atoms with Gasteiger partial charge in [0, 0.05) is 0 Å². The monoisotopic (exact) mass is 315 g/mol. The highest BCUT2D eigenvalue weighted by molar-refractivity contribution is 7.05. The van der Waals surface area contributed by atoms with Crippen molar-refractivity contribution in [3.63, 3.8) is 0 Å². The summed E-state index contributed by atoms with van der Waals surface area (Å²) in [7, 11) is 1.91. The topological polar surface area (TPSA) is 37.8 Å². The smallest absolute Gasteiger partial charge is 0.0832 e. The van der Waals surface area contributed by atoms with Crippen molar-refractivity contribution >= 4 is 34.7 Å². The van der Waals surface area contributed by atoms with Crippen LogP contribution in [0.4, 0.5) is 0 Å². The zero-order chi connectivity index (χ0) is 14.0. The number of hydrogen-bond donors (Lipinski definition) is 1. The predicted molar refractivity (Wildman–Crippen MR) is 81.4 cm³/mol. The lowest BCUT2D eigenvalue weighted by Crippen LogP contribution is -2.18. The minimum absolute atomic E-state index is 0.0344. The first-order valence-corrected chi connectivity index (χ1v) is 7.52. The number of benzene rings is 1. The highest BCUT2D eigenvalue weighted by Gasteiger charge is 2.21. The van der Waals surface area contributed by atoms with Gasteiger partial charge in [0.1, 0.15) is 0 Å². The summed E-state index contributed by atoms with van der Waals surface area (Å²) in [6, 6.07) is 5.70. The van der Waals surface area contributed by atoms with E-state index in [-0.39, 0.29) is 6.04 Å². The molecule has 1 aromatic heterocycles. The Balaban J connectivity index is 2.44. The molecule has 1 unspecified atom stereocenters. The average molecular weight is 316 g/mol. The molecule has 2 aromatic rings. The number of nitrogens with zero attached hydrogens (tertiary/aromatic N) is 2. The van der Waals surface area contributed by atoms with E-state index in [1.807, 2.05) is 25.2 Å². The van der Waals surface area contributed by atoms with Gasteiger partial charge in [0.15, 0.2) is 0 Å². The van der Waals surface area contributed by atoms with E-state index in [2.05, 4.69) is 28.8 Å². The van der Waals surface area contributed by atoms with Crippen LogP contribution in [0.25, 0.3) is 0 Å². The van der Waals surface area contributed by atoms with Gasteiger partial charge in [-0.05, 0) is 42.2 Å². The molecule has 1 atom stereocenters. The maximum atomic E-state index is 6.09. The molecule has 3 nitrogen and oxygen atoms in total. The van der Waals surface area contributed by atoms with Crippen LogP contribution in [0.3, 0.4) is 0 Å². The molecular weight excluding hydrogens is 301 g/mol. The first-order valence-electron chi connectivity index (χ1n) is 5.99. The van der Waals surface area contributed by atoms with Gasteiger partial charge >= 0.3 is 0 Å². The van der Waals surface area contributed by atoms with Crippen LogP contribution in [-0.2, 0) is 0 Å². The Labute approximate surface area is 127 Å². The van der Waals surface area contributed by atoms with Crippen molar-refractivity contribution in [1.82, 2.24) is 14.9 Å². The molecule has 0 aliphatic heterocycles. The summed E-state index contributed by atoms with van der Waals surface area (Å²) in [5.74, 6) is 0.340. The number of nitrogens with one attached hydrogen (secondary N) is 1. The van der Waals surface area contributed by atoms with Crippen LogP contribution in [0, 0.1) is 0 Å². The van der Waals surface area contributed by atoms with E-state index in [4.69, 9.17) is 23.2 Å². The zero-order valence-electron chi connectivity index (χ0n) is 10.9. The number of halogens is 2.